The number of hydrogen-bond donors (Lipinski definition) is 1. The highest BCUT2D eigenvalue weighted by molar-refractivity contribution is 7.16. The minimum absolute atomic E-state index is 0.392. The second kappa shape index (κ2) is 2.70. The normalized spacial score (nSPS) is 20.6. The van der Waals surface area contributed by atoms with Crippen molar-refractivity contribution in [2.45, 2.75) is 12.5 Å². The highest BCUT2D eigenvalue weighted by Crippen LogP contribution is 2.38. The SMILES string of the molecule is Cc1cc(C2(O)COC2)sc1Cl. The number of thiophene rings is 1. The van der Waals surface area contributed by atoms with Crippen molar-refractivity contribution < 1.29 is 9.84 Å². The summed E-state index contributed by atoms with van der Waals surface area (Å²) in [5, 5.41) is 9.85. The zero-order valence-corrected chi connectivity index (χ0v) is 8.21. The summed E-state index contributed by atoms with van der Waals surface area (Å²) >= 11 is 7.32. The van der Waals surface area contributed by atoms with Crippen molar-refractivity contribution in [2.24, 2.45) is 0 Å². The lowest BCUT2D eigenvalue weighted by Crippen LogP contribution is -2.45. The molecule has 2 rings (SSSR count). The summed E-state index contributed by atoms with van der Waals surface area (Å²) in [7, 11) is 0. The van der Waals surface area contributed by atoms with Crippen LogP contribution in [0.3, 0.4) is 0 Å². The third-order valence-electron chi connectivity index (χ3n) is 2.00. The maximum Gasteiger partial charge on any atom is 0.145 e. The van der Waals surface area contributed by atoms with Gasteiger partial charge in [0.1, 0.15) is 5.60 Å². The molecule has 12 heavy (non-hydrogen) atoms. The van der Waals surface area contributed by atoms with Crippen LogP contribution in [0.2, 0.25) is 4.34 Å². The molecule has 0 unspecified atom stereocenters. The highest BCUT2D eigenvalue weighted by Gasteiger charge is 2.39. The first-order valence-corrected chi connectivity index (χ1v) is 4.88. The van der Waals surface area contributed by atoms with Gasteiger partial charge in [0.2, 0.25) is 0 Å². The van der Waals surface area contributed by atoms with E-state index in [2.05, 4.69) is 0 Å². The molecular weight excluding hydrogens is 196 g/mol. The number of aryl methyl sites for hydroxylation is 1. The molecule has 1 aromatic heterocycles. The molecule has 66 valence electrons. The predicted octanol–water partition coefficient (Wildman–Crippen LogP) is 1.93. The van der Waals surface area contributed by atoms with E-state index in [1.54, 1.807) is 0 Å². The largest absolute Gasteiger partial charge is 0.379 e. The van der Waals surface area contributed by atoms with Crippen LogP contribution in [0.15, 0.2) is 6.07 Å². The van der Waals surface area contributed by atoms with Crippen molar-refractivity contribution in [3.05, 3.63) is 20.8 Å². The predicted molar refractivity (Wildman–Crippen MR) is 48.8 cm³/mol. The Hall–Kier alpha value is -0.0900. The molecule has 0 spiro atoms. The van der Waals surface area contributed by atoms with Gasteiger partial charge in [-0.05, 0) is 18.6 Å². The molecule has 1 aliphatic rings. The van der Waals surface area contributed by atoms with Crippen LogP contribution in [0.5, 0.6) is 0 Å². The van der Waals surface area contributed by atoms with E-state index in [4.69, 9.17) is 16.3 Å². The summed E-state index contributed by atoms with van der Waals surface area (Å²) in [5.41, 5.74) is 0.264. The lowest BCUT2D eigenvalue weighted by molar-refractivity contribution is -0.182. The molecule has 1 aliphatic heterocycles. The number of rotatable bonds is 1. The molecule has 2 heterocycles. The fourth-order valence-electron chi connectivity index (χ4n) is 1.13. The van der Waals surface area contributed by atoms with E-state index < -0.39 is 5.60 Å². The maximum absolute atomic E-state index is 9.85. The van der Waals surface area contributed by atoms with Crippen LogP contribution in [-0.4, -0.2) is 18.3 Å². The molecule has 0 aromatic carbocycles. The van der Waals surface area contributed by atoms with E-state index in [0.29, 0.717) is 13.2 Å². The summed E-state index contributed by atoms with van der Waals surface area (Å²) in [6, 6.07) is 1.93. The smallest absolute Gasteiger partial charge is 0.145 e. The lowest BCUT2D eigenvalue weighted by atomic mass is 10.0. The summed E-state index contributed by atoms with van der Waals surface area (Å²) < 4.78 is 5.71. The van der Waals surface area contributed by atoms with Gasteiger partial charge in [0.15, 0.2) is 0 Å². The van der Waals surface area contributed by atoms with Gasteiger partial charge in [-0.2, -0.15) is 0 Å². The molecule has 1 saturated heterocycles. The first-order valence-electron chi connectivity index (χ1n) is 3.68. The molecule has 1 N–H and O–H groups in total. The van der Waals surface area contributed by atoms with Crippen molar-refractivity contribution in [3.8, 4) is 0 Å². The minimum Gasteiger partial charge on any atom is -0.379 e. The summed E-state index contributed by atoms with van der Waals surface area (Å²) in [4.78, 5) is 0.913. The van der Waals surface area contributed by atoms with Gasteiger partial charge >= 0.3 is 0 Å². The quantitative estimate of drug-likeness (QED) is 0.758. The summed E-state index contributed by atoms with van der Waals surface area (Å²) in [5.74, 6) is 0. The Kier molecular flexibility index (Phi) is 1.92. The summed E-state index contributed by atoms with van der Waals surface area (Å²) in [6.45, 7) is 2.72. The van der Waals surface area contributed by atoms with Crippen molar-refractivity contribution in [3.63, 3.8) is 0 Å². The van der Waals surface area contributed by atoms with Crippen LogP contribution < -0.4 is 0 Å². The first kappa shape index (κ1) is 8.51. The van der Waals surface area contributed by atoms with E-state index in [-0.39, 0.29) is 0 Å². The van der Waals surface area contributed by atoms with Crippen LogP contribution in [0.25, 0.3) is 0 Å². The fraction of sp³-hybridized carbons (Fsp3) is 0.500. The number of aliphatic hydroxyl groups is 1. The van der Waals surface area contributed by atoms with E-state index in [1.165, 1.54) is 11.3 Å². The first-order chi connectivity index (χ1) is 5.62. The van der Waals surface area contributed by atoms with E-state index in [9.17, 15) is 5.11 Å². The molecule has 0 saturated carbocycles. The Morgan fingerprint density at radius 2 is 2.33 bits per heavy atom. The minimum atomic E-state index is -0.761. The number of halogens is 1. The fourth-order valence-corrected chi connectivity index (χ4v) is 2.39. The van der Waals surface area contributed by atoms with E-state index in [1.807, 2.05) is 13.0 Å². The van der Waals surface area contributed by atoms with E-state index >= 15 is 0 Å². The molecular formula is C8H9ClO2S. The average molecular weight is 205 g/mol. The van der Waals surface area contributed by atoms with Crippen LogP contribution in [0.1, 0.15) is 10.4 Å². The average Bonchev–Trinajstić information content (AvgIpc) is 2.28. The van der Waals surface area contributed by atoms with Gasteiger partial charge in [0.05, 0.1) is 17.6 Å². The lowest BCUT2D eigenvalue weighted by Gasteiger charge is -2.35. The van der Waals surface area contributed by atoms with Gasteiger partial charge in [-0.15, -0.1) is 11.3 Å². The number of hydrogen-bond acceptors (Lipinski definition) is 3. The van der Waals surface area contributed by atoms with Crippen LogP contribution >= 0.6 is 22.9 Å². The molecule has 0 amide bonds. The van der Waals surface area contributed by atoms with E-state index in [0.717, 1.165) is 14.8 Å². The second-order valence-corrected chi connectivity index (χ2v) is 4.75. The van der Waals surface area contributed by atoms with Gasteiger partial charge in [-0.1, -0.05) is 11.6 Å². The Bertz CT molecular complexity index is 285. The van der Waals surface area contributed by atoms with Crippen LogP contribution in [-0.2, 0) is 10.3 Å². The standard InChI is InChI=1S/C8H9ClO2S/c1-5-2-6(12-7(5)9)8(10)3-11-4-8/h2,10H,3-4H2,1H3. The Balaban J connectivity index is 2.34. The molecule has 2 nitrogen and oxygen atoms in total. The molecule has 0 radical (unpaired) electrons. The molecule has 1 fully saturated rings. The molecule has 0 atom stereocenters. The second-order valence-electron chi connectivity index (χ2n) is 3.09. The van der Waals surface area contributed by atoms with Gasteiger partial charge < -0.3 is 9.84 Å². The Morgan fingerprint density at radius 3 is 2.67 bits per heavy atom. The van der Waals surface area contributed by atoms with Gasteiger partial charge in [-0.3, -0.25) is 0 Å². The van der Waals surface area contributed by atoms with Gasteiger partial charge in [0, 0.05) is 4.88 Å². The Labute approximate surface area is 79.7 Å². The molecule has 0 aliphatic carbocycles. The van der Waals surface area contributed by atoms with Crippen molar-refractivity contribution in [1.82, 2.24) is 0 Å². The molecule has 4 heteroatoms. The van der Waals surface area contributed by atoms with Crippen molar-refractivity contribution >= 4 is 22.9 Å². The zero-order chi connectivity index (χ0) is 8.77. The topological polar surface area (TPSA) is 29.5 Å². The van der Waals surface area contributed by atoms with Crippen molar-refractivity contribution in [1.29, 1.82) is 0 Å². The molecule has 0 bridgehead atoms. The molecule has 1 aromatic rings. The number of ether oxygens (including phenoxy) is 1. The van der Waals surface area contributed by atoms with Crippen LogP contribution in [0, 0.1) is 6.92 Å². The highest BCUT2D eigenvalue weighted by atomic mass is 35.5. The Morgan fingerprint density at radius 1 is 1.67 bits per heavy atom. The zero-order valence-electron chi connectivity index (χ0n) is 6.63. The third-order valence-corrected chi connectivity index (χ3v) is 3.75. The monoisotopic (exact) mass is 204 g/mol. The summed E-state index contributed by atoms with van der Waals surface area (Å²) in [6.07, 6.45) is 0. The van der Waals surface area contributed by atoms with Gasteiger partial charge in [0.25, 0.3) is 0 Å². The van der Waals surface area contributed by atoms with Crippen molar-refractivity contribution in [2.75, 3.05) is 13.2 Å². The van der Waals surface area contributed by atoms with Gasteiger partial charge in [-0.25, -0.2) is 0 Å². The maximum atomic E-state index is 9.85. The third kappa shape index (κ3) is 1.17. The van der Waals surface area contributed by atoms with Crippen LogP contribution in [0.4, 0.5) is 0 Å².